The van der Waals surface area contributed by atoms with Gasteiger partial charge in [-0.25, -0.2) is 0 Å². The molecule has 1 saturated heterocycles. The van der Waals surface area contributed by atoms with Gasteiger partial charge in [0.1, 0.15) is 6.61 Å². The summed E-state index contributed by atoms with van der Waals surface area (Å²) in [5, 5.41) is 0. The molecule has 0 saturated carbocycles. The lowest BCUT2D eigenvalue weighted by molar-refractivity contribution is -0.140. The first-order valence-corrected chi connectivity index (χ1v) is 4.45. The fourth-order valence-corrected chi connectivity index (χ4v) is 1.69. The lowest BCUT2D eigenvalue weighted by Gasteiger charge is -2.21. The number of hydrogen-bond acceptors (Lipinski definition) is 3. The summed E-state index contributed by atoms with van der Waals surface area (Å²) >= 11 is 0. The van der Waals surface area contributed by atoms with Crippen molar-refractivity contribution in [1.82, 2.24) is 4.90 Å². The highest BCUT2D eigenvalue weighted by Gasteiger charge is 2.31. The van der Waals surface area contributed by atoms with E-state index in [1.165, 1.54) is 14.0 Å². The number of hydrogen-bond donors (Lipinski definition) is 0. The molecule has 4 heteroatoms. The van der Waals surface area contributed by atoms with Crippen LogP contribution in [0.1, 0.15) is 19.8 Å². The zero-order valence-electron chi connectivity index (χ0n) is 8.08. The maximum Gasteiger partial charge on any atom is 0.249 e. The maximum atomic E-state index is 11.4. The summed E-state index contributed by atoms with van der Waals surface area (Å²) in [4.78, 5) is 24.2. The van der Waals surface area contributed by atoms with E-state index in [2.05, 4.69) is 0 Å². The molecule has 74 valence electrons. The minimum atomic E-state index is -0.206. The third kappa shape index (κ3) is 2.28. The smallest absolute Gasteiger partial charge is 0.249 e. The van der Waals surface area contributed by atoms with Crippen LogP contribution in [-0.2, 0) is 14.3 Å². The van der Waals surface area contributed by atoms with Gasteiger partial charge in [-0.15, -0.1) is 0 Å². The Hall–Kier alpha value is -0.900. The standard InChI is InChI=1S/C9H15NO3/c1-7(11)8-4-3-5-10(8)9(12)6-13-2/h8H,3-6H2,1-2H3. The van der Waals surface area contributed by atoms with Gasteiger partial charge in [0.05, 0.1) is 6.04 Å². The first-order chi connectivity index (χ1) is 6.16. The van der Waals surface area contributed by atoms with E-state index in [1.54, 1.807) is 4.90 Å². The van der Waals surface area contributed by atoms with Crippen LogP contribution < -0.4 is 0 Å². The van der Waals surface area contributed by atoms with Crippen molar-refractivity contribution in [1.29, 1.82) is 0 Å². The summed E-state index contributed by atoms with van der Waals surface area (Å²) in [7, 11) is 1.48. The number of methoxy groups -OCH3 is 1. The normalized spacial score (nSPS) is 22.0. The molecular weight excluding hydrogens is 170 g/mol. The number of nitrogens with zero attached hydrogens (tertiary/aromatic N) is 1. The van der Waals surface area contributed by atoms with E-state index in [-0.39, 0.29) is 24.3 Å². The molecule has 1 heterocycles. The summed E-state index contributed by atoms with van der Waals surface area (Å²) < 4.78 is 4.74. The van der Waals surface area contributed by atoms with Crippen LogP contribution in [0.3, 0.4) is 0 Å². The zero-order valence-corrected chi connectivity index (χ0v) is 8.08. The van der Waals surface area contributed by atoms with Crippen LogP contribution in [-0.4, -0.2) is 42.9 Å². The number of carbonyl (C=O) groups excluding carboxylic acids is 2. The Balaban J connectivity index is 2.57. The molecule has 0 aromatic heterocycles. The second kappa shape index (κ2) is 4.37. The SMILES string of the molecule is COCC(=O)N1CCCC1C(C)=O. The summed E-state index contributed by atoms with van der Waals surface area (Å²) in [6, 6.07) is -0.206. The van der Waals surface area contributed by atoms with Crippen molar-refractivity contribution in [3.8, 4) is 0 Å². The van der Waals surface area contributed by atoms with Gasteiger partial charge in [0.25, 0.3) is 0 Å². The van der Waals surface area contributed by atoms with Crippen LogP contribution >= 0.6 is 0 Å². The molecule has 1 aliphatic heterocycles. The minimum Gasteiger partial charge on any atom is -0.375 e. The van der Waals surface area contributed by atoms with Gasteiger partial charge in [0, 0.05) is 13.7 Å². The highest BCUT2D eigenvalue weighted by atomic mass is 16.5. The number of rotatable bonds is 3. The monoisotopic (exact) mass is 185 g/mol. The van der Waals surface area contributed by atoms with Crippen LogP contribution in [0, 0.1) is 0 Å². The first-order valence-electron chi connectivity index (χ1n) is 4.45. The van der Waals surface area contributed by atoms with E-state index in [0.29, 0.717) is 6.54 Å². The molecule has 1 unspecified atom stereocenters. The second-order valence-corrected chi connectivity index (χ2v) is 3.29. The molecule has 1 aliphatic rings. The molecule has 0 aromatic carbocycles. The van der Waals surface area contributed by atoms with Crippen molar-refractivity contribution < 1.29 is 14.3 Å². The fourth-order valence-electron chi connectivity index (χ4n) is 1.69. The van der Waals surface area contributed by atoms with Gasteiger partial charge >= 0.3 is 0 Å². The Labute approximate surface area is 77.8 Å². The molecule has 0 spiro atoms. The molecule has 1 atom stereocenters. The van der Waals surface area contributed by atoms with E-state index >= 15 is 0 Å². The third-order valence-corrected chi connectivity index (χ3v) is 2.31. The molecule has 0 radical (unpaired) electrons. The lowest BCUT2D eigenvalue weighted by atomic mass is 10.1. The van der Waals surface area contributed by atoms with Crippen molar-refractivity contribution in [2.24, 2.45) is 0 Å². The van der Waals surface area contributed by atoms with Gasteiger partial charge in [-0.3, -0.25) is 9.59 Å². The predicted octanol–water partition coefficient (Wildman–Crippen LogP) is 0.213. The van der Waals surface area contributed by atoms with Crippen LogP contribution in [0.15, 0.2) is 0 Å². The van der Waals surface area contributed by atoms with Crippen LogP contribution in [0.5, 0.6) is 0 Å². The fraction of sp³-hybridized carbons (Fsp3) is 0.778. The largest absolute Gasteiger partial charge is 0.375 e. The Morgan fingerprint density at radius 3 is 2.77 bits per heavy atom. The van der Waals surface area contributed by atoms with Gasteiger partial charge in [-0.1, -0.05) is 0 Å². The highest BCUT2D eigenvalue weighted by Crippen LogP contribution is 2.17. The molecule has 0 aromatic rings. The topological polar surface area (TPSA) is 46.6 Å². The summed E-state index contributed by atoms with van der Waals surface area (Å²) in [6.07, 6.45) is 1.71. The van der Waals surface area contributed by atoms with Crippen molar-refractivity contribution in [3.63, 3.8) is 0 Å². The van der Waals surface area contributed by atoms with Gasteiger partial charge in [0.15, 0.2) is 5.78 Å². The lowest BCUT2D eigenvalue weighted by Crippen LogP contribution is -2.41. The number of ether oxygens (including phenoxy) is 1. The molecule has 1 rings (SSSR count). The first kappa shape index (κ1) is 10.2. The van der Waals surface area contributed by atoms with Crippen molar-refractivity contribution in [2.45, 2.75) is 25.8 Å². The van der Waals surface area contributed by atoms with Gasteiger partial charge in [-0.05, 0) is 19.8 Å². The number of Topliss-reactive ketones (excluding diaryl/α,β-unsaturated/α-hetero) is 1. The van der Waals surface area contributed by atoms with Gasteiger partial charge in [-0.2, -0.15) is 0 Å². The van der Waals surface area contributed by atoms with E-state index in [4.69, 9.17) is 4.74 Å². The Kier molecular flexibility index (Phi) is 3.42. The van der Waals surface area contributed by atoms with E-state index in [1.807, 2.05) is 0 Å². The quantitative estimate of drug-likeness (QED) is 0.631. The summed E-state index contributed by atoms with van der Waals surface area (Å²) in [5.41, 5.74) is 0. The Morgan fingerprint density at radius 1 is 1.54 bits per heavy atom. The molecule has 4 nitrogen and oxygen atoms in total. The number of likely N-dealkylation sites (tertiary alicyclic amines) is 1. The van der Waals surface area contributed by atoms with Gasteiger partial charge in [0.2, 0.25) is 5.91 Å². The molecule has 1 amide bonds. The summed E-state index contributed by atoms with van der Waals surface area (Å²) in [6.45, 7) is 2.29. The zero-order chi connectivity index (χ0) is 9.84. The van der Waals surface area contributed by atoms with E-state index in [9.17, 15) is 9.59 Å². The Bertz CT molecular complexity index is 215. The van der Waals surface area contributed by atoms with Crippen LogP contribution in [0.4, 0.5) is 0 Å². The molecule has 13 heavy (non-hydrogen) atoms. The molecule has 0 aliphatic carbocycles. The van der Waals surface area contributed by atoms with Crippen molar-refractivity contribution in [3.05, 3.63) is 0 Å². The average Bonchev–Trinajstić information content (AvgIpc) is 2.52. The number of ketones is 1. The molecule has 1 fully saturated rings. The number of amides is 1. The van der Waals surface area contributed by atoms with Gasteiger partial charge < -0.3 is 9.64 Å². The van der Waals surface area contributed by atoms with E-state index in [0.717, 1.165) is 12.8 Å². The minimum absolute atomic E-state index is 0.0713. The third-order valence-electron chi connectivity index (χ3n) is 2.31. The van der Waals surface area contributed by atoms with Crippen LogP contribution in [0.25, 0.3) is 0 Å². The van der Waals surface area contributed by atoms with Crippen molar-refractivity contribution in [2.75, 3.05) is 20.3 Å². The van der Waals surface area contributed by atoms with Crippen LogP contribution in [0.2, 0.25) is 0 Å². The number of carbonyl (C=O) groups is 2. The highest BCUT2D eigenvalue weighted by molar-refractivity contribution is 5.88. The summed E-state index contributed by atoms with van der Waals surface area (Å²) in [5.74, 6) is -0.0119. The molecule has 0 bridgehead atoms. The van der Waals surface area contributed by atoms with Crippen molar-refractivity contribution >= 4 is 11.7 Å². The maximum absolute atomic E-state index is 11.4. The average molecular weight is 185 g/mol. The molecule has 0 N–H and O–H groups in total. The molecular formula is C9H15NO3. The predicted molar refractivity (Wildman–Crippen MR) is 47.3 cm³/mol. The second-order valence-electron chi connectivity index (χ2n) is 3.29. The Morgan fingerprint density at radius 2 is 2.23 bits per heavy atom. The van der Waals surface area contributed by atoms with E-state index < -0.39 is 0 Å².